The van der Waals surface area contributed by atoms with Gasteiger partial charge in [0.05, 0.1) is 5.52 Å². The number of nitrogens with one attached hydrogen (secondary N) is 1. The van der Waals surface area contributed by atoms with Crippen LogP contribution in [0, 0.1) is 0 Å². The van der Waals surface area contributed by atoms with Gasteiger partial charge in [0, 0.05) is 30.4 Å². The fourth-order valence-electron chi connectivity index (χ4n) is 2.61. The van der Waals surface area contributed by atoms with E-state index in [0.29, 0.717) is 12.5 Å². The van der Waals surface area contributed by atoms with Gasteiger partial charge in [-0.05, 0) is 49.5 Å². The van der Waals surface area contributed by atoms with Crippen molar-refractivity contribution in [2.75, 3.05) is 26.0 Å². The van der Waals surface area contributed by atoms with Gasteiger partial charge in [-0.15, -0.1) is 0 Å². The van der Waals surface area contributed by atoms with Gasteiger partial charge in [0.25, 0.3) is 0 Å². The minimum Gasteiger partial charge on any atom is -0.327 e. The fourth-order valence-corrected chi connectivity index (χ4v) is 2.61. The molecule has 0 aliphatic rings. The van der Waals surface area contributed by atoms with Crippen molar-refractivity contribution in [3.8, 4) is 0 Å². The molecule has 5 nitrogen and oxygen atoms in total. The Balaban J connectivity index is 1.76. The number of nitrogens with zero attached hydrogens (tertiary/aromatic N) is 3. The van der Waals surface area contributed by atoms with Crippen LogP contribution >= 0.6 is 0 Å². The summed E-state index contributed by atoms with van der Waals surface area (Å²) in [4.78, 5) is 11.1. The number of hydrogen-bond acceptors (Lipinski definition) is 5. The van der Waals surface area contributed by atoms with E-state index in [1.54, 1.807) is 0 Å². The molecule has 0 saturated heterocycles. The Bertz CT molecular complexity index is 869. The third kappa shape index (κ3) is 4.62. The first-order chi connectivity index (χ1) is 12.1. The van der Waals surface area contributed by atoms with Crippen LogP contribution < -0.4 is 11.1 Å². The first kappa shape index (κ1) is 17.1. The molecular formula is C20H23N5. The average Bonchev–Trinajstić information content (AvgIpc) is 2.61. The molecule has 1 heterocycles. The lowest BCUT2D eigenvalue weighted by Gasteiger charge is -2.10. The molecule has 2 aromatic carbocycles. The predicted octanol–water partition coefficient (Wildman–Crippen LogP) is 3.41. The van der Waals surface area contributed by atoms with E-state index in [-0.39, 0.29) is 0 Å². The molecule has 0 aliphatic heterocycles. The molecule has 0 radical (unpaired) electrons. The lowest BCUT2D eigenvalue weighted by Crippen LogP contribution is -2.10. The van der Waals surface area contributed by atoms with Gasteiger partial charge in [-0.3, -0.25) is 0 Å². The maximum atomic E-state index is 5.49. The van der Waals surface area contributed by atoms with Crippen LogP contribution in [0.4, 0.5) is 11.6 Å². The molecule has 0 aliphatic carbocycles. The number of rotatable bonds is 6. The van der Waals surface area contributed by atoms with Gasteiger partial charge in [0.15, 0.2) is 0 Å². The van der Waals surface area contributed by atoms with Gasteiger partial charge < -0.3 is 16.0 Å². The second kappa shape index (κ2) is 7.88. The largest absolute Gasteiger partial charge is 0.327 e. The highest BCUT2D eigenvalue weighted by molar-refractivity contribution is 5.81. The molecule has 0 spiro atoms. The Kier molecular flexibility index (Phi) is 5.38. The highest BCUT2D eigenvalue weighted by Crippen LogP contribution is 2.19. The summed E-state index contributed by atoms with van der Waals surface area (Å²) in [6.07, 6.45) is 5.77. The summed E-state index contributed by atoms with van der Waals surface area (Å²) in [5.74, 6) is 0.595. The van der Waals surface area contributed by atoms with Crippen LogP contribution in [0.3, 0.4) is 0 Å². The van der Waals surface area contributed by atoms with Gasteiger partial charge >= 0.3 is 0 Å². The number of fused-ring (bicyclic) bond motifs is 1. The molecular weight excluding hydrogens is 310 g/mol. The van der Waals surface area contributed by atoms with E-state index in [0.717, 1.165) is 28.7 Å². The Labute approximate surface area is 148 Å². The van der Waals surface area contributed by atoms with E-state index in [1.165, 1.54) is 5.56 Å². The van der Waals surface area contributed by atoms with Crippen LogP contribution in [0.2, 0.25) is 0 Å². The zero-order valence-electron chi connectivity index (χ0n) is 14.6. The molecule has 0 saturated carbocycles. The van der Waals surface area contributed by atoms with Crippen molar-refractivity contribution < 1.29 is 0 Å². The molecule has 0 amide bonds. The first-order valence-corrected chi connectivity index (χ1v) is 8.28. The molecule has 5 heteroatoms. The smallest absolute Gasteiger partial charge is 0.227 e. The van der Waals surface area contributed by atoms with Crippen LogP contribution in [0.5, 0.6) is 0 Å². The van der Waals surface area contributed by atoms with Crippen LogP contribution in [-0.2, 0) is 6.54 Å². The third-order valence-corrected chi connectivity index (χ3v) is 3.76. The van der Waals surface area contributed by atoms with Crippen LogP contribution in [-0.4, -0.2) is 35.5 Å². The maximum absolute atomic E-state index is 5.49. The highest BCUT2D eigenvalue weighted by atomic mass is 15.1. The molecule has 0 atom stereocenters. The van der Waals surface area contributed by atoms with Gasteiger partial charge in [-0.1, -0.05) is 30.4 Å². The average molecular weight is 333 g/mol. The molecule has 25 heavy (non-hydrogen) atoms. The lowest BCUT2D eigenvalue weighted by molar-refractivity contribution is 0.402. The van der Waals surface area contributed by atoms with Crippen molar-refractivity contribution in [3.05, 3.63) is 65.9 Å². The normalized spacial score (nSPS) is 11.5. The summed E-state index contributed by atoms with van der Waals surface area (Å²) in [5.41, 5.74) is 9.75. The standard InChI is InChI=1S/C20H23N5/c1-25(2)14-16-5-8-18(9-6-16)23-20-22-13-17-12-15(4-3-11-21)7-10-19(17)24-20/h3-10,12-13H,11,14,21H2,1-2H3,(H,22,23,24)/b4-3+. The maximum Gasteiger partial charge on any atom is 0.227 e. The monoisotopic (exact) mass is 333 g/mol. The van der Waals surface area contributed by atoms with Gasteiger partial charge in [-0.2, -0.15) is 0 Å². The van der Waals surface area contributed by atoms with Crippen molar-refractivity contribution in [2.24, 2.45) is 5.73 Å². The molecule has 1 aromatic heterocycles. The second-order valence-corrected chi connectivity index (χ2v) is 6.21. The summed E-state index contributed by atoms with van der Waals surface area (Å²) in [5, 5.41) is 4.26. The Morgan fingerprint density at radius 2 is 1.92 bits per heavy atom. The number of nitrogens with two attached hydrogens (primary N) is 1. The summed E-state index contributed by atoms with van der Waals surface area (Å²) in [6.45, 7) is 1.46. The summed E-state index contributed by atoms with van der Waals surface area (Å²) < 4.78 is 0. The van der Waals surface area contributed by atoms with Gasteiger partial charge in [0.1, 0.15) is 0 Å². The van der Waals surface area contributed by atoms with E-state index < -0.39 is 0 Å². The van der Waals surface area contributed by atoms with Crippen molar-refractivity contribution in [3.63, 3.8) is 0 Å². The second-order valence-electron chi connectivity index (χ2n) is 6.21. The Morgan fingerprint density at radius 1 is 1.12 bits per heavy atom. The number of anilines is 2. The number of hydrogen-bond donors (Lipinski definition) is 2. The summed E-state index contributed by atoms with van der Waals surface area (Å²) >= 11 is 0. The Hall–Kier alpha value is -2.76. The lowest BCUT2D eigenvalue weighted by atomic mass is 10.1. The number of aromatic nitrogens is 2. The van der Waals surface area contributed by atoms with Crippen molar-refractivity contribution in [1.82, 2.24) is 14.9 Å². The topological polar surface area (TPSA) is 67.1 Å². The predicted molar refractivity (Wildman–Crippen MR) is 105 cm³/mol. The Morgan fingerprint density at radius 3 is 2.64 bits per heavy atom. The van der Waals surface area contributed by atoms with Crippen molar-refractivity contribution >= 4 is 28.6 Å². The minimum absolute atomic E-state index is 0.532. The molecule has 128 valence electrons. The molecule has 3 N–H and O–H groups in total. The molecule has 3 aromatic rings. The molecule has 0 fully saturated rings. The van der Waals surface area contributed by atoms with Crippen LogP contribution in [0.25, 0.3) is 17.0 Å². The van der Waals surface area contributed by atoms with Gasteiger partial charge in [0.2, 0.25) is 5.95 Å². The summed E-state index contributed by atoms with van der Waals surface area (Å²) in [7, 11) is 4.12. The van der Waals surface area contributed by atoms with Crippen molar-refractivity contribution in [1.29, 1.82) is 0 Å². The van der Waals surface area contributed by atoms with E-state index in [2.05, 4.69) is 52.5 Å². The fraction of sp³-hybridized carbons (Fsp3) is 0.200. The van der Waals surface area contributed by atoms with E-state index in [4.69, 9.17) is 5.73 Å². The molecule has 3 rings (SSSR count). The van der Waals surface area contributed by atoms with Crippen molar-refractivity contribution in [2.45, 2.75) is 6.54 Å². The van der Waals surface area contributed by atoms with E-state index in [1.807, 2.05) is 42.6 Å². The third-order valence-electron chi connectivity index (χ3n) is 3.76. The minimum atomic E-state index is 0.532. The summed E-state index contributed by atoms with van der Waals surface area (Å²) in [6, 6.07) is 14.4. The first-order valence-electron chi connectivity index (χ1n) is 8.28. The zero-order valence-corrected chi connectivity index (χ0v) is 14.6. The van der Waals surface area contributed by atoms with Crippen LogP contribution in [0.15, 0.2) is 54.7 Å². The molecule has 0 bridgehead atoms. The van der Waals surface area contributed by atoms with Gasteiger partial charge in [-0.25, -0.2) is 9.97 Å². The number of benzene rings is 2. The zero-order chi connectivity index (χ0) is 17.6. The van der Waals surface area contributed by atoms with E-state index in [9.17, 15) is 0 Å². The quantitative estimate of drug-likeness (QED) is 0.723. The van der Waals surface area contributed by atoms with E-state index >= 15 is 0 Å². The van der Waals surface area contributed by atoms with Crippen LogP contribution in [0.1, 0.15) is 11.1 Å². The highest BCUT2D eigenvalue weighted by Gasteiger charge is 2.02. The SMILES string of the molecule is CN(C)Cc1ccc(Nc2ncc3cc(/C=C/CN)ccc3n2)cc1. The molecule has 0 unspecified atom stereocenters.